The zero-order valence-corrected chi connectivity index (χ0v) is 15.7. The molecule has 4 atom stereocenters. The van der Waals surface area contributed by atoms with Crippen molar-refractivity contribution in [3.8, 4) is 0 Å². The monoisotopic (exact) mass is 546 g/mol. The number of alkyl halides is 16. The highest BCUT2D eigenvalue weighted by Crippen LogP contribution is 2.47. The van der Waals surface area contributed by atoms with Crippen LogP contribution in [-0.4, -0.2) is 72.7 Å². The van der Waals surface area contributed by atoms with Gasteiger partial charge in [-0.15, -0.1) is 0 Å². The summed E-state index contributed by atoms with van der Waals surface area (Å²) in [5.74, 6) is -32.2. The van der Waals surface area contributed by atoms with E-state index in [0.717, 1.165) is 0 Å². The summed E-state index contributed by atoms with van der Waals surface area (Å²) in [6.45, 7) is -0.0160. The van der Waals surface area contributed by atoms with Crippen LogP contribution in [-0.2, 0) is 14.3 Å². The van der Waals surface area contributed by atoms with Crippen LogP contribution < -0.4 is 0 Å². The van der Waals surface area contributed by atoms with Crippen molar-refractivity contribution in [2.45, 2.75) is 68.5 Å². The zero-order chi connectivity index (χ0) is 27.6. The number of carbonyl (C=O) groups is 1. The molecule has 0 heterocycles. The molecule has 0 saturated heterocycles. The molecule has 0 radical (unpaired) electrons. The van der Waals surface area contributed by atoms with Gasteiger partial charge in [0.15, 0.2) is 0 Å². The van der Waals surface area contributed by atoms with Gasteiger partial charge in [0, 0.05) is 0 Å². The van der Waals surface area contributed by atoms with Gasteiger partial charge in [0.05, 0.1) is 0 Å². The van der Waals surface area contributed by atoms with Gasteiger partial charge in [-0.2, -0.15) is 43.9 Å². The number of rotatable bonds is 13. The summed E-state index contributed by atoms with van der Waals surface area (Å²) in [6, 6.07) is 0. The summed E-state index contributed by atoms with van der Waals surface area (Å²) in [5, 5.41) is 8.57. The van der Waals surface area contributed by atoms with E-state index in [0.29, 0.717) is 0 Å². The summed E-state index contributed by atoms with van der Waals surface area (Å²) in [6.07, 6.45) is -30.4. The maximum atomic E-state index is 13.6. The largest absolute Gasteiger partial charge is 0.478 e. The molecule has 0 aromatic rings. The number of aliphatic carboxylic acids is 1. The van der Waals surface area contributed by atoms with Gasteiger partial charge in [0.25, 0.3) is 18.8 Å². The first-order chi connectivity index (χ1) is 15.0. The minimum atomic E-state index is -6.70. The Morgan fingerprint density at radius 1 is 0.618 bits per heavy atom. The van der Waals surface area contributed by atoms with Gasteiger partial charge in [-0.25, -0.2) is 31.1 Å². The summed E-state index contributed by atoms with van der Waals surface area (Å²) in [4.78, 5) is 10.7. The quantitative estimate of drug-likeness (QED) is 0.184. The number of carboxylic acids is 1. The SMILES string of the molecule is CC(C(=O)O)=C(OC(F)C(F)(F)C(F)(F)C(F)C(F)F)OC(F)C(F)(F)C(F)(F)C(F)C(F)F. The topological polar surface area (TPSA) is 55.8 Å². The minimum absolute atomic E-state index is 0.0160. The predicted molar refractivity (Wildman–Crippen MR) is 73.9 cm³/mol. The Hall–Kier alpha value is -2.31. The highest BCUT2D eigenvalue weighted by molar-refractivity contribution is 5.86. The Balaban J connectivity index is 6.17. The number of hydrogen-bond donors (Lipinski definition) is 1. The van der Waals surface area contributed by atoms with E-state index < -0.39 is 79.1 Å². The van der Waals surface area contributed by atoms with E-state index in [1.54, 1.807) is 0 Å². The molecule has 0 spiro atoms. The average Bonchev–Trinajstić information content (AvgIpc) is 2.70. The van der Waals surface area contributed by atoms with Crippen molar-refractivity contribution in [3.05, 3.63) is 11.5 Å². The maximum Gasteiger partial charge on any atom is 0.378 e. The highest BCUT2D eigenvalue weighted by Gasteiger charge is 2.71. The lowest BCUT2D eigenvalue weighted by Crippen LogP contribution is -2.57. The molecule has 4 nitrogen and oxygen atoms in total. The summed E-state index contributed by atoms with van der Waals surface area (Å²) in [7, 11) is 0. The normalized spacial score (nSPS) is 17.3. The van der Waals surface area contributed by atoms with Crippen LogP contribution in [0.2, 0.25) is 0 Å². The summed E-state index contributed by atoms with van der Waals surface area (Å²) < 4.78 is 213. The fraction of sp³-hybridized carbons (Fsp3) is 0.786. The molecule has 0 amide bonds. The molecule has 0 aliphatic carbocycles. The third-order valence-corrected chi connectivity index (χ3v) is 3.64. The molecule has 34 heavy (non-hydrogen) atoms. The van der Waals surface area contributed by atoms with Crippen LogP contribution in [0.25, 0.3) is 0 Å². The molecule has 1 N–H and O–H groups in total. The molecule has 0 aromatic heterocycles. The first kappa shape index (κ1) is 31.7. The highest BCUT2D eigenvalue weighted by atomic mass is 19.3. The van der Waals surface area contributed by atoms with Gasteiger partial charge in [-0.1, -0.05) is 0 Å². The molecule has 202 valence electrons. The lowest BCUT2D eigenvalue weighted by atomic mass is 10.1. The van der Waals surface area contributed by atoms with Crippen LogP contribution in [0.15, 0.2) is 11.5 Å². The van der Waals surface area contributed by atoms with Gasteiger partial charge in [0.2, 0.25) is 12.3 Å². The number of ether oxygens (including phenoxy) is 2. The van der Waals surface area contributed by atoms with Crippen molar-refractivity contribution < 1.29 is 89.6 Å². The first-order valence-corrected chi connectivity index (χ1v) is 7.89. The molecular formula is C14H10F16O4. The van der Waals surface area contributed by atoms with Crippen LogP contribution in [0.4, 0.5) is 70.2 Å². The number of halogens is 16. The van der Waals surface area contributed by atoms with E-state index >= 15 is 0 Å². The Bertz CT molecular complexity index is 691. The van der Waals surface area contributed by atoms with E-state index in [1.165, 1.54) is 0 Å². The second-order valence-corrected chi connectivity index (χ2v) is 6.05. The van der Waals surface area contributed by atoms with Crippen LogP contribution >= 0.6 is 0 Å². The molecule has 0 fully saturated rings. The van der Waals surface area contributed by atoms with Gasteiger partial charge in [0.1, 0.15) is 5.57 Å². The van der Waals surface area contributed by atoms with Crippen LogP contribution in [0.5, 0.6) is 0 Å². The minimum Gasteiger partial charge on any atom is -0.478 e. The predicted octanol–water partition coefficient (Wildman–Crippen LogP) is 5.67. The first-order valence-electron chi connectivity index (χ1n) is 7.89. The Kier molecular flexibility index (Phi) is 9.81. The van der Waals surface area contributed by atoms with Crippen molar-refractivity contribution >= 4 is 5.97 Å². The van der Waals surface area contributed by atoms with Crippen LogP contribution in [0.1, 0.15) is 6.92 Å². The second kappa shape index (κ2) is 10.5. The molecule has 0 saturated carbocycles. The Morgan fingerprint density at radius 2 is 0.882 bits per heavy atom. The van der Waals surface area contributed by atoms with E-state index in [9.17, 15) is 75.0 Å². The van der Waals surface area contributed by atoms with E-state index in [1.807, 2.05) is 0 Å². The average molecular weight is 546 g/mol. The second-order valence-electron chi connectivity index (χ2n) is 6.05. The fourth-order valence-electron chi connectivity index (χ4n) is 1.61. The maximum absolute atomic E-state index is 13.6. The molecule has 0 bridgehead atoms. The molecule has 0 aromatic carbocycles. The molecule has 20 heteroatoms. The Morgan fingerprint density at radius 3 is 1.09 bits per heavy atom. The van der Waals surface area contributed by atoms with E-state index in [-0.39, 0.29) is 6.92 Å². The van der Waals surface area contributed by atoms with Gasteiger partial charge < -0.3 is 14.6 Å². The van der Waals surface area contributed by atoms with Gasteiger partial charge >= 0.3 is 42.4 Å². The van der Waals surface area contributed by atoms with Crippen LogP contribution in [0.3, 0.4) is 0 Å². The Labute approximate surface area is 177 Å². The third-order valence-electron chi connectivity index (χ3n) is 3.64. The lowest BCUT2D eigenvalue weighted by molar-refractivity contribution is -0.338. The third kappa shape index (κ3) is 6.02. The van der Waals surface area contributed by atoms with Gasteiger partial charge in [-0.05, 0) is 6.92 Å². The lowest BCUT2D eigenvalue weighted by Gasteiger charge is -2.33. The summed E-state index contributed by atoms with van der Waals surface area (Å²) >= 11 is 0. The molecule has 4 unspecified atom stereocenters. The van der Waals surface area contributed by atoms with Crippen molar-refractivity contribution in [1.82, 2.24) is 0 Å². The number of hydrogen-bond acceptors (Lipinski definition) is 3. The van der Waals surface area contributed by atoms with Crippen LogP contribution in [0, 0.1) is 0 Å². The number of carboxylic acid groups (broad SMARTS) is 1. The van der Waals surface area contributed by atoms with Crippen molar-refractivity contribution in [3.63, 3.8) is 0 Å². The van der Waals surface area contributed by atoms with E-state index in [4.69, 9.17) is 5.11 Å². The van der Waals surface area contributed by atoms with Crippen molar-refractivity contribution in [2.24, 2.45) is 0 Å². The molecule has 0 aliphatic rings. The molecule has 0 aliphatic heterocycles. The summed E-state index contributed by atoms with van der Waals surface area (Å²) in [5.41, 5.74) is -2.01. The van der Waals surface area contributed by atoms with Gasteiger partial charge in [-0.3, -0.25) is 0 Å². The van der Waals surface area contributed by atoms with Crippen molar-refractivity contribution in [2.75, 3.05) is 0 Å². The fourth-order valence-corrected chi connectivity index (χ4v) is 1.61. The van der Waals surface area contributed by atoms with Crippen molar-refractivity contribution in [1.29, 1.82) is 0 Å². The smallest absolute Gasteiger partial charge is 0.378 e. The molecular weight excluding hydrogens is 536 g/mol. The molecule has 0 rings (SSSR count). The zero-order valence-electron chi connectivity index (χ0n) is 15.7. The van der Waals surface area contributed by atoms with E-state index in [2.05, 4.69) is 9.47 Å². The standard InChI is InChI=1S/C14H10F16O4/c1-2(7(31)32)8(33-9(21)13(27,28)11(23,24)3(15)5(17)18)34-10(22)14(29,30)12(25,26)4(16)6(19)20/h3-6,9-10H,1H3,(H,31,32).